The summed E-state index contributed by atoms with van der Waals surface area (Å²) >= 11 is 1.77. The zero-order chi connectivity index (χ0) is 13.2. The highest BCUT2D eigenvalue weighted by atomic mass is 32.1. The summed E-state index contributed by atoms with van der Waals surface area (Å²) in [5.41, 5.74) is 0. The lowest BCUT2D eigenvalue weighted by Gasteiger charge is -2.32. The van der Waals surface area contributed by atoms with Crippen molar-refractivity contribution in [3.05, 3.63) is 22.4 Å². The minimum atomic E-state index is -0.624. The number of carbonyl (C=O) groups is 1. The Bertz CT molecular complexity index is 431. The average molecular weight is 279 g/mol. The number of carboxylic acid groups (broad SMARTS) is 1. The van der Waals surface area contributed by atoms with Gasteiger partial charge < -0.3 is 5.11 Å². The normalized spacial score (nSPS) is 31.3. The van der Waals surface area contributed by atoms with Crippen molar-refractivity contribution in [1.29, 1.82) is 0 Å². The molecular weight excluding hydrogens is 258 g/mol. The van der Waals surface area contributed by atoms with E-state index < -0.39 is 5.97 Å². The molecule has 3 atom stereocenters. The smallest absolute Gasteiger partial charge is 0.320 e. The predicted octanol–water partition coefficient (Wildman–Crippen LogP) is 3.01. The molecule has 0 radical (unpaired) electrons. The van der Waals surface area contributed by atoms with E-state index in [1.165, 1.54) is 30.6 Å². The molecule has 104 valence electrons. The van der Waals surface area contributed by atoms with Crippen LogP contribution in [0.3, 0.4) is 0 Å². The van der Waals surface area contributed by atoms with Crippen molar-refractivity contribution in [3.63, 3.8) is 0 Å². The maximum absolute atomic E-state index is 11.5. The molecule has 1 aromatic heterocycles. The summed E-state index contributed by atoms with van der Waals surface area (Å²) in [6.07, 6.45) is 6.83. The third-order valence-electron chi connectivity index (χ3n) is 4.70. The zero-order valence-corrected chi connectivity index (χ0v) is 11.9. The van der Waals surface area contributed by atoms with Crippen molar-refractivity contribution >= 4 is 17.3 Å². The maximum Gasteiger partial charge on any atom is 0.320 e. The molecule has 1 aliphatic heterocycles. The van der Waals surface area contributed by atoms with E-state index >= 15 is 0 Å². The molecule has 1 saturated heterocycles. The molecule has 3 rings (SSSR count). The number of fused-ring (bicyclic) bond motifs is 1. The van der Waals surface area contributed by atoms with Gasteiger partial charge in [-0.25, -0.2) is 0 Å². The Balaban J connectivity index is 1.69. The summed E-state index contributed by atoms with van der Waals surface area (Å²) in [7, 11) is 0. The van der Waals surface area contributed by atoms with Crippen LogP contribution in [-0.4, -0.2) is 34.6 Å². The van der Waals surface area contributed by atoms with Crippen molar-refractivity contribution in [2.75, 3.05) is 6.54 Å². The van der Waals surface area contributed by atoms with Crippen LogP contribution in [0, 0.1) is 5.92 Å². The lowest BCUT2D eigenvalue weighted by molar-refractivity contribution is -0.142. The Kier molecular flexibility index (Phi) is 3.89. The Morgan fingerprint density at radius 1 is 1.42 bits per heavy atom. The Morgan fingerprint density at radius 2 is 2.26 bits per heavy atom. The Hall–Kier alpha value is -0.870. The molecule has 2 aliphatic rings. The van der Waals surface area contributed by atoms with E-state index in [0.29, 0.717) is 12.0 Å². The van der Waals surface area contributed by atoms with Crippen LogP contribution in [0.1, 0.15) is 37.0 Å². The molecule has 1 saturated carbocycles. The maximum atomic E-state index is 11.5. The lowest BCUT2D eigenvalue weighted by atomic mass is 9.85. The van der Waals surface area contributed by atoms with Crippen LogP contribution in [0.2, 0.25) is 0 Å². The van der Waals surface area contributed by atoms with Gasteiger partial charge >= 0.3 is 5.97 Å². The lowest BCUT2D eigenvalue weighted by Crippen LogP contribution is -2.43. The molecule has 0 bridgehead atoms. The minimum absolute atomic E-state index is 0.243. The molecule has 1 aliphatic carbocycles. The second kappa shape index (κ2) is 5.63. The molecule has 0 unspecified atom stereocenters. The molecule has 3 nitrogen and oxygen atoms in total. The number of thiophene rings is 1. The number of nitrogens with zero attached hydrogens (tertiary/aromatic N) is 1. The van der Waals surface area contributed by atoms with Gasteiger partial charge in [0.05, 0.1) is 0 Å². The van der Waals surface area contributed by atoms with E-state index in [1.54, 1.807) is 11.3 Å². The van der Waals surface area contributed by atoms with E-state index in [2.05, 4.69) is 22.4 Å². The van der Waals surface area contributed by atoms with Gasteiger partial charge in [-0.15, -0.1) is 11.3 Å². The Labute approximate surface area is 118 Å². The van der Waals surface area contributed by atoms with E-state index in [1.807, 2.05) is 0 Å². The highest BCUT2D eigenvalue weighted by Crippen LogP contribution is 2.39. The van der Waals surface area contributed by atoms with Crippen LogP contribution in [0.5, 0.6) is 0 Å². The van der Waals surface area contributed by atoms with E-state index in [9.17, 15) is 9.90 Å². The van der Waals surface area contributed by atoms with Gasteiger partial charge in [-0.05, 0) is 43.0 Å². The number of likely N-dealkylation sites (tertiary alicyclic amines) is 1. The third kappa shape index (κ3) is 2.70. The van der Waals surface area contributed by atoms with Crippen LogP contribution in [0.4, 0.5) is 0 Å². The highest BCUT2D eigenvalue weighted by Gasteiger charge is 2.44. The summed E-state index contributed by atoms with van der Waals surface area (Å²) in [5, 5.41) is 11.5. The summed E-state index contributed by atoms with van der Waals surface area (Å²) in [6.45, 7) is 0.901. The summed E-state index contributed by atoms with van der Waals surface area (Å²) in [5.74, 6) is -0.00114. The first-order chi connectivity index (χ1) is 9.25. The first-order valence-corrected chi connectivity index (χ1v) is 8.14. The number of carboxylic acids is 1. The standard InChI is InChI=1S/C15H21NO2S/c17-15(18)14-10-11-4-1-2-6-13(11)16(14)8-7-12-5-3-9-19-12/h3,5,9,11,13-14H,1-2,4,6-8,10H2,(H,17,18)/t11-,13-,14+/m1/s1. The van der Waals surface area contributed by atoms with Crippen molar-refractivity contribution in [2.24, 2.45) is 5.92 Å². The topological polar surface area (TPSA) is 40.5 Å². The summed E-state index contributed by atoms with van der Waals surface area (Å²) < 4.78 is 0. The zero-order valence-electron chi connectivity index (χ0n) is 11.1. The fourth-order valence-electron chi connectivity index (χ4n) is 3.81. The summed E-state index contributed by atoms with van der Waals surface area (Å²) in [6, 6.07) is 4.50. The second-order valence-electron chi connectivity index (χ2n) is 5.77. The molecule has 1 aromatic rings. The third-order valence-corrected chi connectivity index (χ3v) is 5.64. The molecule has 4 heteroatoms. The number of rotatable bonds is 4. The highest BCUT2D eigenvalue weighted by molar-refractivity contribution is 7.09. The molecule has 19 heavy (non-hydrogen) atoms. The van der Waals surface area contributed by atoms with Gasteiger partial charge in [-0.2, -0.15) is 0 Å². The molecule has 0 amide bonds. The van der Waals surface area contributed by atoms with E-state index in [4.69, 9.17) is 0 Å². The number of hydrogen-bond donors (Lipinski definition) is 1. The quantitative estimate of drug-likeness (QED) is 0.921. The van der Waals surface area contributed by atoms with Gasteiger partial charge in [0.25, 0.3) is 0 Å². The van der Waals surface area contributed by atoms with Gasteiger partial charge in [-0.1, -0.05) is 18.9 Å². The first-order valence-electron chi connectivity index (χ1n) is 7.26. The van der Waals surface area contributed by atoms with Gasteiger partial charge in [-0.3, -0.25) is 9.69 Å². The van der Waals surface area contributed by atoms with E-state index in [-0.39, 0.29) is 6.04 Å². The first kappa shape index (κ1) is 13.1. The average Bonchev–Trinajstić information content (AvgIpc) is 3.03. The van der Waals surface area contributed by atoms with E-state index in [0.717, 1.165) is 19.4 Å². The fraction of sp³-hybridized carbons (Fsp3) is 0.667. The van der Waals surface area contributed by atoms with Crippen LogP contribution in [-0.2, 0) is 11.2 Å². The van der Waals surface area contributed by atoms with Gasteiger partial charge in [0, 0.05) is 17.5 Å². The van der Waals surface area contributed by atoms with Crippen molar-refractivity contribution in [2.45, 2.75) is 50.6 Å². The van der Waals surface area contributed by atoms with Crippen LogP contribution < -0.4 is 0 Å². The van der Waals surface area contributed by atoms with Gasteiger partial charge in [0.2, 0.25) is 0 Å². The molecule has 2 fully saturated rings. The fourth-order valence-corrected chi connectivity index (χ4v) is 4.51. The minimum Gasteiger partial charge on any atom is -0.480 e. The number of aliphatic carboxylic acids is 1. The molecular formula is C15H21NO2S. The molecule has 2 heterocycles. The van der Waals surface area contributed by atoms with Crippen LogP contribution in [0.15, 0.2) is 17.5 Å². The molecule has 0 spiro atoms. The second-order valence-corrected chi connectivity index (χ2v) is 6.80. The van der Waals surface area contributed by atoms with Crippen molar-refractivity contribution < 1.29 is 9.90 Å². The summed E-state index contributed by atoms with van der Waals surface area (Å²) in [4.78, 5) is 15.1. The van der Waals surface area contributed by atoms with Crippen LogP contribution in [0.25, 0.3) is 0 Å². The van der Waals surface area contributed by atoms with Gasteiger partial charge in [0.15, 0.2) is 0 Å². The molecule has 1 N–H and O–H groups in total. The largest absolute Gasteiger partial charge is 0.480 e. The van der Waals surface area contributed by atoms with Gasteiger partial charge in [0.1, 0.15) is 6.04 Å². The van der Waals surface area contributed by atoms with Crippen LogP contribution >= 0.6 is 11.3 Å². The SMILES string of the molecule is O=C(O)[C@@H]1C[C@H]2CCCC[C@H]2N1CCc1cccs1. The predicted molar refractivity (Wildman–Crippen MR) is 76.5 cm³/mol. The monoisotopic (exact) mass is 279 g/mol. The Morgan fingerprint density at radius 3 is 3.00 bits per heavy atom. The molecule has 0 aromatic carbocycles. The van der Waals surface area contributed by atoms with Crippen molar-refractivity contribution in [3.8, 4) is 0 Å². The number of hydrogen-bond acceptors (Lipinski definition) is 3. The van der Waals surface area contributed by atoms with Crippen molar-refractivity contribution in [1.82, 2.24) is 4.90 Å².